The summed E-state index contributed by atoms with van der Waals surface area (Å²) in [5, 5.41) is 7.87. The van der Waals surface area contributed by atoms with E-state index in [1.807, 2.05) is 25.1 Å². The maximum absolute atomic E-state index is 12.7. The van der Waals surface area contributed by atoms with Gasteiger partial charge in [0.25, 0.3) is 0 Å². The van der Waals surface area contributed by atoms with Gasteiger partial charge in [-0.3, -0.25) is 4.72 Å². The Morgan fingerprint density at radius 1 is 1.00 bits per heavy atom. The lowest BCUT2D eigenvalue weighted by atomic mass is 10.2. The summed E-state index contributed by atoms with van der Waals surface area (Å²) >= 11 is 0. The highest BCUT2D eigenvalue weighted by atomic mass is 32.2. The fourth-order valence-corrected chi connectivity index (χ4v) is 5.02. The Morgan fingerprint density at radius 2 is 1.73 bits per heavy atom. The highest BCUT2D eigenvalue weighted by molar-refractivity contribution is 7.91. The molecule has 1 fully saturated rings. The van der Waals surface area contributed by atoms with Crippen molar-refractivity contribution in [2.24, 2.45) is 0 Å². The lowest BCUT2D eigenvalue weighted by molar-refractivity contribution is 0.448. The monoisotopic (exact) mass is 464 g/mol. The van der Waals surface area contributed by atoms with Crippen molar-refractivity contribution in [2.75, 3.05) is 28.0 Å². The standard InChI is InChI=1S/C23H24N6O3S/c1-16-14-22(26-23(24-16)29-12-4-5-13-29)25-17-8-10-18(11-9-17)28-33(30,31)15-20-19-6-2-3-7-21(19)32-27-20/h2-3,6-11,14,28H,4-5,12-13,15H2,1H3,(H,24,25,26). The molecule has 0 amide bonds. The largest absolute Gasteiger partial charge is 0.356 e. The smallest absolute Gasteiger partial charge is 0.238 e. The number of nitrogens with one attached hydrogen (secondary N) is 2. The maximum Gasteiger partial charge on any atom is 0.238 e. The van der Waals surface area contributed by atoms with Crippen LogP contribution in [0.15, 0.2) is 59.1 Å². The van der Waals surface area contributed by atoms with Crippen LogP contribution in [0.5, 0.6) is 0 Å². The second-order valence-corrected chi connectivity index (χ2v) is 9.80. The highest BCUT2D eigenvalue weighted by Gasteiger charge is 2.18. The molecule has 4 aromatic rings. The van der Waals surface area contributed by atoms with Crippen LogP contribution in [0, 0.1) is 6.92 Å². The van der Waals surface area contributed by atoms with Gasteiger partial charge in [-0.1, -0.05) is 17.3 Å². The SMILES string of the molecule is Cc1cc(Nc2ccc(NS(=O)(=O)Cc3noc4ccccc34)cc2)nc(N2CCCC2)n1. The van der Waals surface area contributed by atoms with Gasteiger partial charge in [-0.2, -0.15) is 4.98 Å². The quantitative estimate of drug-likeness (QED) is 0.418. The number of aromatic nitrogens is 3. The molecule has 9 nitrogen and oxygen atoms in total. The summed E-state index contributed by atoms with van der Waals surface area (Å²) in [6.45, 7) is 3.89. The number of benzene rings is 2. The van der Waals surface area contributed by atoms with Crippen molar-refractivity contribution in [3.8, 4) is 0 Å². The van der Waals surface area contributed by atoms with Gasteiger partial charge in [0.1, 0.15) is 17.3 Å². The van der Waals surface area contributed by atoms with E-state index in [4.69, 9.17) is 4.52 Å². The van der Waals surface area contributed by atoms with Crippen LogP contribution in [-0.2, 0) is 15.8 Å². The molecule has 0 bridgehead atoms. The number of sulfonamides is 1. The fraction of sp³-hybridized carbons (Fsp3) is 0.261. The van der Waals surface area contributed by atoms with Gasteiger partial charge >= 0.3 is 0 Å². The summed E-state index contributed by atoms with van der Waals surface area (Å²) in [6.07, 6.45) is 2.31. The Labute approximate surface area is 191 Å². The number of hydrogen-bond acceptors (Lipinski definition) is 8. The van der Waals surface area contributed by atoms with Crippen LogP contribution in [0.4, 0.5) is 23.1 Å². The fourth-order valence-electron chi connectivity index (χ4n) is 3.88. The molecule has 0 unspecified atom stereocenters. The van der Waals surface area contributed by atoms with E-state index in [0.717, 1.165) is 43.3 Å². The van der Waals surface area contributed by atoms with Gasteiger partial charge in [-0.15, -0.1) is 0 Å². The number of hydrogen-bond donors (Lipinski definition) is 2. The molecule has 1 aliphatic heterocycles. The molecular weight excluding hydrogens is 440 g/mol. The Kier molecular flexibility index (Phi) is 5.59. The van der Waals surface area contributed by atoms with Gasteiger partial charge < -0.3 is 14.7 Å². The Morgan fingerprint density at radius 3 is 2.52 bits per heavy atom. The lowest BCUT2D eigenvalue weighted by Crippen LogP contribution is -2.21. The average Bonchev–Trinajstić information content (AvgIpc) is 3.45. The highest BCUT2D eigenvalue weighted by Crippen LogP contribution is 2.24. The van der Waals surface area contributed by atoms with Crippen LogP contribution in [0.2, 0.25) is 0 Å². The van der Waals surface area contributed by atoms with Gasteiger partial charge in [0.15, 0.2) is 5.58 Å². The minimum Gasteiger partial charge on any atom is -0.356 e. The predicted octanol–water partition coefficient (Wildman–Crippen LogP) is 4.21. The van der Waals surface area contributed by atoms with Gasteiger partial charge in [0.2, 0.25) is 16.0 Å². The third-order valence-electron chi connectivity index (χ3n) is 5.44. The van der Waals surface area contributed by atoms with Crippen LogP contribution in [0.25, 0.3) is 11.0 Å². The molecule has 1 aliphatic rings. The first-order valence-corrected chi connectivity index (χ1v) is 12.4. The van der Waals surface area contributed by atoms with Crippen LogP contribution < -0.4 is 14.9 Å². The minimum atomic E-state index is -3.66. The van der Waals surface area contributed by atoms with Crippen molar-refractivity contribution in [1.29, 1.82) is 0 Å². The van der Waals surface area contributed by atoms with Crippen molar-refractivity contribution >= 4 is 44.1 Å². The van der Waals surface area contributed by atoms with Gasteiger partial charge in [-0.05, 0) is 56.2 Å². The van der Waals surface area contributed by atoms with E-state index in [-0.39, 0.29) is 5.75 Å². The number of aryl methyl sites for hydroxylation is 1. The average molecular weight is 465 g/mol. The second-order valence-electron chi connectivity index (χ2n) is 8.08. The van der Waals surface area contributed by atoms with Gasteiger partial charge in [0.05, 0.1) is 0 Å². The Bertz CT molecular complexity index is 1380. The molecule has 3 heterocycles. The first kappa shape index (κ1) is 21.2. The molecule has 5 rings (SSSR count). The summed E-state index contributed by atoms with van der Waals surface area (Å²) in [4.78, 5) is 11.4. The summed E-state index contributed by atoms with van der Waals surface area (Å²) in [7, 11) is -3.66. The number of nitrogens with zero attached hydrogens (tertiary/aromatic N) is 4. The van der Waals surface area contributed by atoms with Crippen molar-refractivity contribution in [3.63, 3.8) is 0 Å². The van der Waals surface area contributed by atoms with Gasteiger partial charge in [-0.25, -0.2) is 13.4 Å². The van der Waals surface area contributed by atoms with E-state index in [0.29, 0.717) is 28.2 Å². The molecule has 1 saturated heterocycles. The summed E-state index contributed by atoms with van der Waals surface area (Å²) < 4.78 is 33.1. The van der Waals surface area contributed by atoms with E-state index in [9.17, 15) is 8.42 Å². The molecule has 33 heavy (non-hydrogen) atoms. The molecule has 10 heteroatoms. The number of anilines is 4. The topological polar surface area (TPSA) is 113 Å². The third-order valence-corrected chi connectivity index (χ3v) is 6.64. The van der Waals surface area contributed by atoms with Crippen LogP contribution in [0.1, 0.15) is 24.2 Å². The van der Waals surface area contributed by atoms with Crippen LogP contribution in [-0.4, -0.2) is 36.6 Å². The van der Waals surface area contributed by atoms with Crippen LogP contribution >= 0.6 is 0 Å². The minimum absolute atomic E-state index is 0.274. The molecule has 0 spiro atoms. The normalized spacial score (nSPS) is 14.0. The van der Waals surface area contributed by atoms with E-state index < -0.39 is 10.0 Å². The zero-order valence-electron chi connectivity index (χ0n) is 18.2. The van der Waals surface area contributed by atoms with E-state index in [1.54, 1.807) is 36.4 Å². The first-order chi connectivity index (χ1) is 15.9. The zero-order valence-corrected chi connectivity index (χ0v) is 19.0. The van der Waals surface area contributed by atoms with E-state index in [2.05, 4.69) is 30.1 Å². The Balaban J connectivity index is 1.27. The van der Waals surface area contributed by atoms with Crippen molar-refractivity contribution in [3.05, 3.63) is 66.0 Å². The second kappa shape index (κ2) is 8.70. The molecule has 2 aromatic carbocycles. The molecular formula is C23H24N6O3S. The zero-order chi connectivity index (χ0) is 22.8. The summed E-state index contributed by atoms with van der Waals surface area (Å²) in [6, 6.07) is 16.1. The molecule has 0 saturated carbocycles. The predicted molar refractivity (Wildman–Crippen MR) is 128 cm³/mol. The third kappa shape index (κ3) is 4.90. The first-order valence-electron chi connectivity index (χ1n) is 10.8. The molecule has 0 radical (unpaired) electrons. The van der Waals surface area contributed by atoms with Crippen molar-refractivity contribution in [2.45, 2.75) is 25.5 Å². The molecule has 2 N–H and O–H groups in total. The molecule has 0 aliphatic carbocycles. The lowest BCUT2D eigenvalue weighted by Gasteiger charge is -2.17. The Hall–Kier alpha value is -3.66. The summed E-state index contributed by atoms with van der Waals surface area (Å²) in [5.74, 6) is 1.17. The number of para-hydroxylation sites is 1. The number of rotatable bonds is 7. The van der Waals surface area contributed by atoms with E-state index >= 15 is 0 Å². The van der Waals surface area contributed by atoms with Gasteiger partial charge in [0, 0.05) is 41.6 Å². The van der Waals surface area contributed by atoms with Crippen LogP contribution in [0.3, 0.4) is 0 Å². The van der Waals surface area contributed by atoms with Crippen molar-refractivity contribution < 1.29 is 12.9 Å². The molecule has 2 aromatic heterocycles. The number of fused-ring (bicyclic) bond motifs is 1. The van der Waals surface area contributed by atoms with E-state index in [1.165, 1.54) is 0 Å². The molecule has 170 valence electrons. The maximum atomic E-state index is 12.7. The molecule has 0 atom stereocenters. The summed E-state index contributed by atoms with van der Waals surface area (Å²) in [5.41, 5.74) is 3.09. The van der Waals surface area contributed by atoms with Crippen molar-refractivity contribution in [1.82, 2.24) is 15.1 Å².